The van der Waals surface area contributed by atoms with Crippen molar-refractivity contribution in [1.82, 2.24) is 9.97 Å². The van der Waals surface area contributed by atoms with Crippen LogP contribution < -0.4 is 11.5 Å². The number of nitrogens with zero attached hydrogens (tertiary/aromatic N) is 2. The smallest absolute Gasteiger partial charge is 0.222 e. The highest BCUT2D eigenvalue weighted by Crippen LogP contribution is 2.23. The summed E-state index contributed by atoms with van der Waals surface area (Å²) in [7, 11) is 0. The third kappa shape index (κ3) is 2.11. The minimum atomic E-state index is 0.161. The van der Waals surface area contributed by atoms with Crippen LogP contribution >= 0.6 is 0 Å². The molecule has 0 amide bonds. The van der Waals surface area contributed by atoms with Gasteiger partial charge in [0.05, 0.1) is 5.69 Å². The van der Waals surface area contributed by atoms with Crippen molar-refractivity contribution in [2.45, 2.75) is 12.8 Å². The molecule has 4 N–H and O–H groups in total. The molecule has 4 heteroatoms. The third-order valence-electron chi connectivity index (χ3n) is 2.53. The molecule has 1 unspecified atom stereocenters. The molecule has 0 saturated heterocycles. The first-order valence-electron chi connectivity index (χ1n) is 5.11. The van der Waals surface area contributed by atoms with Crippen molar-refractivity contribution < 1.29 is 0 Å². The van der Waals surface area contributed by atoms with Crippen molar-refractivity contribution in [3.63, 3.8) is 0 Å². The maximum atomic E-state index is 5.64. The summed E-state index contributed by atoms with van der Waals surface area (Å²) in [6.45, 7) is 2.07. The van der Waals surface area contributed by atoms with E-state index in [9.17, 15) is 0 Å². The molecule has 16 heavy (non-hydrogen) atoms. The fraction of sp³-hybridized carbons (Fsp3) is 0.167. The fourth-order valence-corrected chi connectivity index (χ4v) is 1.64. The Morgan fingerprint density at radius 3 is 2.38 bits per heavy atom. The van der Waals surface area contributed by atoms with Crippen molar-refractivity contribution in [3.05, 3.63) is 47.7 Å². The Kier molecular flexibility index (Phi) is 2.72. The normalized spacial score (nSPS) is 12.3. The molecule has 0 aliphatic rings. The highest BCUT2D eigenvalue weighted by molar-refractivity contribution is 5.39. The van der Waals surface area contributed by atoms with Gasteiger partial charge in [-0.15, -0.1) is 0 Å². The van der Waals surface area contributed by atoms with Crippen LogP contribution in [-0.2, 0) is 0 Å². The lowest BCUT2D eigenvalue weighted by molar-refractivity contribution is 0.866. The molecule has 2 rings (SSSR count). The molecule has 1 aromatic carbocycles. The molecule has 2 aromatic rings. The lowest BCUT2D eigenvalue weighted by atomic mass is 9.98. The van der Waals surface area contributed by atoms with Gasteiger partial charge in [-0.2, -0.15) is 4.98 Å². The Labute approximate surface area is 94.3 Å². The van der Waals surface area contributed by atoms with Crippen LogP contribution in [-0.4, -0.2) is 9.97 Å². The molecule has 0 aliphatic carbocycles. The number of rotatable bonds is 2. The van der Waals surface area contributed by atoms with Gasteiger partial charge in [0.15, 0.2) is 0 Å². The van der Waals surface area contributed by atoms with Crippen molar-refractivity contribution >= 4 is 11.8 Å². The standard InChI is InChI=1S/C12H14N4/c1-8(9-5-3-2-4-6-9)10-7-11(13)16-12(14)15-10/h2-8H,1H3,(H4,13,14,15,16). The van der Waals surface area contributed by atoms with E-state index in [0.29, 0.717) is 5.82 Å². The Morgan fingerprint density at radius 1 is 1.06 bits per heavy atom. The zero-order chi connectivity index (χ0) is 11.5. The number of benzene rings is 1. The second kappa shape index (κ2) is 4.18. The van der Waals surface area contributed by atoms with Crippen LogP contribution in [0.3, 0.4) is 0 Å². The van der Waals surface area contributed by atoms with Gasteiger partial charge in [0, 0.05) is 12.0 Å². The van der Waals surface area contributed by atoms with Crippen molar-refractivity contribution in [2.75, 3.05) is 11.5 Å². The Balaban J connectivity index is 2.37. The summed E-state index contributed by atoms with van der Waals surface area (Å²) in [5.41, 5.74) is 13.2. The van der Waals surface area contributed by atoms with Crippen molar-refractivity contribution in [1.29, 1.82) is 0 Å². The van der Waals surface area contributed by atoms with Gasteiger partial charge in [-0.1, -0.05) is 37.3 Å². The quantitative estimate of drug-likeness (QED) is 0.799. The van der Waals surface area contributed by atoms with Crippen LogP contribution in [0.25, 0.3) is 0 Å². The second-order valence-electron chi connectivity index (χ2n) is 3.71. The SMILES string of the molecule is CC(c1ccccc1)c1cc(N)nc(N)n1. The molecule has 0 fully saturated rings. The Bertz CT molecular complexity index is 461. The highest BCUT2D eigenvalue weighted by atomic mass is 15.0. The first kappa shape index (κ1) is 10.4. The van der Waals surface area contributed by atoms with E-state index in [1.165, 1.54) is 5.56 Å². The van der Waals surface area contributed by atoms with Crippen molar-refractivity contribution in [2.24, 2.45) is 0 Å². The number of nitrogens with two attached hydrogens (primary N) is 2. The number of hydrogen-bond acceptors (Lipinski definition) is 4. The predicted octanol–water partition coefficient (Wildman–Crippen LogP) is 1.79. The Morgan fingerprint density at radius 2 is 1.75 bits per heavy atom. The van der Waals surface area contributed by atoms with Gasteiger partial charge < -0.3 is 11.5 Å². The molecule has 1 atom stereocenters. The van der Waals surface area contributed by atoms with E-state index in [1.54, 1.807) is 6.07 Å². The van der Waals surface area contributed by atoms with Crippen LogP contribution in [0.15, 0.2) is 36.4 Å². The molecule has 82 valence electrons. The molecule has 0 spiro atoms. The average molecular weight is 214 g/mol. The predicted molar refractivity (Wildman–Crippen MR) is 64.8 cm³/mol. The largest absolute Gasteiger partial charge is 0.384 e. The van der Waals surface area contributed by atoms with Gasteiger partial charge in [-0.25, -0.2) is 4.98 Å². The third-order valence-corrected chi connectivity index (χ3v) is 2.53. The number of aromatic nitrogens is 2. The average Bonchev–Trinajstić information content (AvgIpc) is 2.28. The second-order valence-corrected chi connectivity index (χ2v) is 3.71. The van der Waals surface area contributed by atoms with Gasteiger partial charge in [-0.05, 0) is 5.56 Å². The van der Waals surface area contributed by atoms with E-state index in [-0.39, 0.29) is 11.9 Å². The van der Waals surface area contributed by atoms with Crippen LogP contribution in [0, 0.1) is 0 Å². The van der Waals surface area contributed by atoms with Crippen LogP contribution in [0.4, 0.5) is 11.8 Å². The van der Waals surface area contributed by atoms with Gasteiger partial charge in [0.25, 0.3) is 0 Å². The lowest BCUT2D eigenvalue weighted by Crippen LogP contribution is -2.06. The molecule has 1 heterocycles. The maximum Gasteiger partial charge on any atom is 0.222 e. The van der Waals surface area contributed by atoms with Crippen LogP contribution in [0.1, 0.15) is 24.1 Å². The fourth-order valence-electron chi connectivity index (χ4n) is 1.64. The molecule has 0 radical (unpaired) electrons. The summed E-state index contributed by atoms with van der Waals surface area (Å²) in [5.74, 6) is 0.789. The van der Waals surface area contributed by atoms with E-state index in [0.717, 1.165) is 5.69 Å². The molecular formula is C12H14N4. The zero-order valence-corrected chi connectivity index (χ0v) is 9.09. The van der Waals surface area contributed by atoms with E-state index in [2.05, 4.69) is 29.0 Å². The van der Waals surface area contributed by atoms with E-state index in [1.807, 2.05) is 18.2 Å². The van der Waals surface area contributed by atoms with Crippen LogP contribution in [0.2, 0.25) is 0 Å². The molecule has 0 aliphatic heterocycles. The first-order valence-corrected chi connectivity index (χ1v) is 5.11. The zero-order valence-electron chi connectivity index (χ0n) is 9.09. The summed E-state index contributed by atoms with van der Waals surface area (Å²) in [5, 5.41) is 0. The highest BCUT2D eigenvalue weighted by Gasteiger charge is 2.11. The lowest BCUT2D eigenvalue weighted by Gasteiger charge is -2.11. The monoisotopic (exact) mass is 214 g/mol. The molecule has 4 nitrogen and oxygen atoms in total. The van der Waals surface area contributed by atoms with Gasteiger partial charge >= 0.3 is 0 Å². The van der Waals surface area contributed by atoms with E-state index >= 15 is 0 Å². The summed E-state index contributed by atoms with van der Waals surface area (Å²) in [6, 6.07) is 11.9. The minimum Gasteiger partial charge on any atom is -0.384 e. The number of anilines is 2. The molecular weight excluding hydrogens is 200 g/mol. The van der Waals surface area contributed by atoms with Gasteiger partial charge in [0.1, 0.15) is 5.82 Å². The van der Waals surface area contributed by atoms with E-state index < -0.39 is 0 Å². The van der Waals surface area contributed by atoms with E-state index in [4.69, 9.17) is 11.5 Å². The van der Waals surface area contributed by atoms with Gasteiger partial charge in [-0.3, -0.25) is 0 Å². The molecule has 0 bridgehead atoms. The molecule has 1 aromatic heterocycles. The minimum absolute atomic E-state index is 0.161. The first-order chi connectivity index (χ1) is 7.66. The van der Waals surface area contributed by atoms with Crippen LogP contribution in [0.5, 0.6) is 0 Å². The molecule has 0 saturated carbocycles. The number of nitrogen functional groups attached to an aromatic ring is 2. The summed E-state index contributed by atoms with van der Waals surface area (Å²) in [4.78, 5) is 8.05. The summed E-state index contributed by atoms with van der Waals surface area (Å²) in [6.07, 6.45) is 0. The van der Waals surface area contributed by atoms with Crippen molar-refractivity contribution in [3.8, 4) is 0 Å². The summed E-state index contributed by atoms with van der Waals surface area (Å²) < 4.78 is 0. The maximum absolute atomic E-state index is 5.64. The summed E-state index contributed by atoms with van der Waals surface area (Å²) >= 11 is 0. The Hall–Kier alpha value is -2.10. The van der Waals surface area contributed by atoms with Gasteiger partial charge in [0.2, 0.25) is 5.95 Å². The topological polar surface area (TPSA) is 77.8 Å². The number of hydrogen-bond donors (Lipinski definition) is 2.